The van der Waals surface area contributed by atoms with Gasteiger partial charge in [0.15, 0.2) is 0 Å². The van der Waals surface area contributed by atoms with E-state index in [2.05, 4.69) is 183 Å². The average Bonchev–Trinajstić information content (AvgIpc) is 3.72. The number of hydrogen-bond donors (Lipinski definition) is 0. The van der Waals surface area contributed by atoms with Crippen LogP contribution in [0.1, 0.15) is 103 Å². The van der Waals surface area contributed by atoms with E-state index in [4.69, 9.17) is 9.40 Å². The molecule has 0 aliphatic rings. The molecule has 54 heavy (non-hydrogen) atoms. The van der Waals surface area contributed by atoms with Gasteiger partial charge in [0, 0.05) is 10.8 Å². The second kappa shape index (κ2) is 13.2. The molecule has 6 aromatic carbocycles. The van der Waals surface area contributed by atoms with Crippen LogP contribution in [0.15, 0.2) is 126 Å². The molecule has 0 saturated heterocycles. The van der Waals surface area contributed by atoms with E-state index in [1.165, 1.54) is 50.2 Å². The van der Waals surface area contributed by atoms with Crippen molar-refractivity contribution in [3.8, 4) is 39.3 Å². The van der Waals surface area contributed by atoms with Gasteiger partial charge < -0.3 is 4.42 Å². The molecule has 2 heterocycles. The molecule has 0 aliphatic carbocycles. The van der Waals surface area contributed by atoms with E-state index < -0.39 is 0 Å². The predicted molar refractivity (Wildman–Crippen MR) is 230 cm³/mol. The van der Waals surface area contributed by atoms with Gasteiger partial charge in [-0.25, -0.2) is 4.98 Å². The number of furan rings is 1. The summed E-state index contributed by atoms with van der Waals surface area (Å²) in [6.07, 6.45) is 0. The van der Waals surface area contributed by atoms with Crippen LogP contribution in [0.4, 0.5) is 0 Å². The van der Waals surface area contributed by atoms with Crippen molar-refractivity contribution in [1.29, 1.82) is 0 Å². The third-order valence-corrected chi connectivity index (χ3v) is 11.1. The lowest BCUT2D eigenvalue weighted by Crippen LogP contribution is -2.16. The van der Waals surface area contributed by atoms with Gasteiger partial charge in [-0.2, -0.15) is 0 Å². The number of imidazole rings is 1. The van der Waals surface area contributed by atoms with Crippen molar-refractivity contribution in [2.24, 2.45) is 0 Å². The number of aromatic nitrogens is 2. The largest absolute Gasteiger partial charge is 0.455 e. The number of nitrogens with zero attached hydrogens (tertiary/aromatic N) is 2. The molecule has 3 nitrogen and oxygen atoms in total. The van der Waals surface area contributed by atoms with Crippen molar-refractivity contribution >= 4 is 33.0 Å². The summed E-state index contributed by atoms with van der Waals surface area (Å²) in [5, 5.41) is 2.23. The van der Waals surface area contributed by atoms with Crippen molar-refractivity contribution in [2.45, 2.75) is 91.9 Å². The smallest absolute Gasteiger partial charge is 0.149 e. The first kappa shape index (κ1) is 35.6. The fraction of sp³-hybridized carbons (Fsp3) is 0.275. The van der Waals surface area contributed by atoms with Gasteiger partial charge in [-0.05, 0) is 104 Å². The number of benzene rings is 6. The summed E-state index contributed by atoms with van der Waals surface area (Å²) in [5.74, 6) is 1.43. The lowest BCUT2D eigenvalue weighted by atomic mass is 9.79. The van der Waals surface area contributed by atoms with Crippen LogP contribution in [0.25, 0.3) is 72.3 Å². The Kier molecular flexibility index (Phi) is 8.68. The molecule has 0 fully saturated rings. The van der Waals surface area contributed by atoms with Gasteiger partial charge in [0.2, 0.25) is 0 Å². The lowest BCUT2D eigenvalue weighted by Gasteiger charge is -2.26. The Morgan fingerprint density at radius 1 is 0.537 bits per heavy atom. The number of fused-ring (bicyclic) bond motifs is 4. The van der Waals surface area contributed by atoms with E-state index in [9.17, 15) is 0 Å². The number of rotatable bonds is 6. The monoisotopic (exact) mass is 708 g/mol. The maximum atomic E-state index is 6.59. The van der Waals surface area contributed by atoms with Crippen LogP contribution in [-0.4, -0.2) is 9.55 Å². The Bertz CT molecular complexity index is 2610. The predicted octanol–water partition coefficient (Wildman–Crippen LogP) is 14.8. The summed E-state index contributed by atoms with van der Waals surface area (Å²) in [6.45, 7) is 23.1. The van der Waals surface area contributed by atoms with E-state index in [1.54, 1.807) is 0 Å². The average molecular weight is 709 g/mol. The van der Waals surface area contributed by atoms with Crippen LogP contribution < -0.4 is 0 Å². The Labute approximate surface area is 320 Å². The van der Waals surface area contributed by atoms with Crippen molar-refractivity contribution in [3.63, 3.8) is 0 Å². The Morgan fingerprint density at radius 3 is 1.67 bits per heavy atom. The standard InChI is InChI=1S/C51H52N2O/c1-31(2)42-28-36(34-24-22-33(23-25-34)35-26-37(50(5,6)7)30-38(27-35)51(8,9)10)29-43(32(3)4)47(42)53-45-20-13-12-19-44(45)52-49(53)41-18-15-17-40-39-16-11-14-21-46(39)54-48(40)41/h11-32H,1-10H3. The van der Waals surface area contributed by atoms with Crippen LogP contribution in [0.5, 0.6) is 0 Å². The first-order valence-corrected chi connectivity index (χ1v) is 19.5. The Balaban J connectivity index is 1.31. The van der Waals surface area contributed by atoms with Crippen LogP contribution in [0.3, 0.4) is 0 Å². The lowest BCUT2D eigenvalue weighted by molar-refractivity contribution is 0.569. The Morgan fingerprint density at radius 2 is 1.07 bits per heavy atom. The van der Waals surface area contributed by atoms with Gasteiger partial charge >= 0.3 is 0 Å². The minimum Gasteiger partial charge on any atom is -0.455 e. The molecular weight excluding hydrogens is 657 g/mol. The van der Waals surface area contributed by atoms with Crippen molar-refractivity contribution < 1.29 is 4.42 Å². The topological polar surface area (TPSA) is 31.0 Å². The molecule has 0 saturated carbocycles. The Hall–Kier alpha value is -5.41. The molecule has 3 heteroatoms. The molecule has 272 valence electrons. The van der Waals surface area contributed by atoms with Crippen LogP contribution >= 0.6 is 0 Å². The maximum absolute atomic E-state index is 6.59. The van der Waals surface area contributed by atoms with E-state index in [0.29, 0.717) is 0 Å². The van der Waals surface area contributed by atoms with E-state index in [-0.39, 0.29) is 22.7 Å². The molecule has 0 atom stereocenters. The summed E-state index contributed by atoms with van der Waals surface area (Å²) < 4.78 is 9.00. The summed E-state index contributed by atoms with van der Waals surface area (Å²) in [5.41, 5.74) is 16.5. The molecule has 0 radical (unpaired) electrons. The highest BCUT2D eigenvalue weighted by molar-refractivity contribution is 6.09. The number of para-hydroxylation sites is 4. The highest BCUT2D eigenvalue weighted by Gasteiger charge is 2.26. The van der Waals surface area contributed by atoms with Crippen molar-refractivity contribution in [2.75, 3.05) is 0 Å². The van der Waals surface area contributed by atoms with E-state index in [0.717, 1.165) is 44.4 Å². The first-order valence-electron chi connectivity index (χ1n) is 19.5. The zero-order valence-electron chi connectivity index (χ0n) is 33.5. The van der Waals surface area contributed by atoms with Gasteiger partial charge in [0.25, 0.3) is 0 Å². The van der Waals surface area contributed by atoms with Crippen molar-refractivity contribution in [1.82, 2.24) is 9.55 Å². The van der Waals surface area contributed by atoms with Gasteiger partial charge in [0.1, 0.15) is 17.0 Å². The van der Waals surface area contributed by atoms with E-state index >= 15 is 0 Å². The van der Waals surface area contributed by atoms with Gasteiger partial charge in [-0.15, -0.1) is 0 Å². The third kappa shape index (κ3) is 6.24. The summed E-state index contributed by atoms with van der Waals surface area (Å²) in [6, 6.07) is 44.5. The zero-order chi connectivity index (χ0) is 38.1. The first-order chi connectivity index (χ1) is 25.7. The highest BCUT2D eigenvalue weighted by atomic mass is 16.3. The van der Waals surface area contributed by atoms with Crippen LogP contribution in [0, 0.1) is 0 Å². The van der Waals surface area contributed by atoms with Gasteiger partial charge in [-0.3, -0.25) is 4.57 Å². The maximum Gasteiger partial charge on any atom is 0.149 e. The molecule has 0 aliphatic heterocycles. The molecule has 2 aromatic heterocycles. The molecule has 8 aromatic rings. The summed E-state index contributed by atoms with van der Waals surface area (Å²) in [7, 11) is 0. The number of hydrogen-bond acceptors (Lipinski definition) is 2. The van der Waals surface area contributed by atoms with Crippen LogP contribution in [0.2, 0.25) is 0 Å². The molecule has 8 rings (SSSR count). The second-order valence-electron chi connectivity index (χ2n) is 17.7. The summed E-state index contributed by atoms with van der Waals surface area (Å²) in [4.78, 5) is 5.34. The normalized spacial score (nSPS) is 12.6. The fourth-order valence-electron chi connectivity index (χ4n) is 7.86. The minimum atomic E-state index is 0.0667. The molecular formula is C51H52N2O. The van der Waals surface area contributed by atoms with Gasteiger partial charge in [-0.1, -0.05) is 154 Å². The zero-order valence-corrected chi connectivity index (χ0v) is 33.5. The SMILES string of the molecule is CC(C)c1cc(-c2ccc(-c3cc(C(C)(C)C)cc(C(C)(C)C)c3)cc2)cc(C(C)C)c1-n1c(-c2cccc3c2oc2ccccc23)nc2ccccc21. The summed E-state index contributed by atoms with van der Waals surface area (Å²) >= 11 is 0. The second-order valence-corrected chi connectivity index (χ2v) is 17.7. The van der Waals surface area contributed by atoms with Gasteiger partial charge in [0.05, 0.1) is 22.3 Å². The molecule has 0 unspecified atom stereocenters. The van der Waals surface area contributed by atoms with Crippen molar-refractivity contribution in [3.05, 3.63) is 144 Å². The molecule has 0 spiro atoms. The quantitative estimate of drug-likeness (QED) is 0.172. The highest BCUT2D eigenvalue weighted by Crippen LogP contribution is 2.43. The third-order valence-electron chi connectivity index (χ3n) is 11.1. The fourth-order valence-corrected chi connectivity index (χ4v) is 7.86. The van der Waals surface area contributed by atoms with E-state index in [1.807, 2.05) is 12.1 Å². The van der Waals surface area contributed by atoms with Crippen LogP contribution in [-0.2, 0) is 10.8 Å². The molecule has 0 N–H and O–H groups in total. The minimum absolute atomic E-state index is 0.0667. The molecule has 0 amide bonds. The molecule has 0 bridgehead atoms.